The molecule has 1 atom stereocenters. The molecule has 0 spiro atoms. The van der Waals surface area contributed by atoms with Crippen molar-refractivity contribution in [3.63, 3.8) is 0 Å². The number of hydrogen-bond acceptors (Lipinski definition) is 7. The summed E-state index contributed by atoms with van der Waals surface area (Å²) < 4.78 is 0. The van der Waals surface area contributed by atoms with E-state index in [1.807, 2.05) is 11.8 Å². The van der Waals surface area contributed by atoms with Gasteiger partial charge in [-0.15, -0.1) is 10.2 Å². The van der Waals surface area contributed by atoms with Crippen molar-refractivity contribution in [1.82, 2.24) is 35.7 Å². The van der Waals surface area contributed by atoms with Gasteiger partial charge >= 0.3 is 0 Å². The van der Waals surface area contributed by atoms with E-state index in [9.17, 15) is 9.90 Å². The molecule has 9 heteroatoms. The molecule has 1 aliphatic rings. The zero-order chi connectivity index (χ0) is 15.1. The minimum absolute atomic E-state index is 0.00458. The van der Waals surface area contributed by atoms with E-state index in [0.717, 1.165) is 19.6 Å². The van der Waals surface area contributed by atoms with Crippen molar-refractivity contribution in [2.24, 2.45) is 0 Å². The summed E-state index contributed by atoms with van der Waals surface area (Å²) in [5.41, 5.74) is 0. The second-order valence-electron chi connectivity index (χ2n) is 5.22. The van der Waals surface area contributed by atoms with Gasteiger partial charge in [0.2, 0.25) is 5.91 Å². The van der Waals surface area contributed by atoms with Crippen LogP contribution in [0.2, 0.25) is 0 Å². The number of aliphatic hydroxyl groups is 1. The zero-order valence-electron chi connectivity index (χ0n) is 12.3. The average molecular weight is 297 g/mol. The van der Waals surface area contributed by atoms with E-state index < -0.39 is 6.10 Å². The van der Waals surface area contributed by atoms with Crippen LogP contribution in [0.15, 0.2) is 0 Å². The lowest BCUT2D eigenvalue weighted by Gasteiger charge is -2.20. The summed E-state index contributed by atoms with van der Waals surface area (Å²) in [6.07, 6.45) is 0.242. The molecule has 0 bridgehead atoms. The number of likely N-dealkylation sites (N-methyl/N-ethyl adjacent to an activating group) is 1. The van der Waals surface area contributed by atoms with Crippen molar-refractivity contribution in [3.8, 4) is 0 Å². The van der Waals surface area contributed by atoms with Gasteiger partial charge in [-0.25, -0.2) is 0 Å². The highest BCUT2D eigenvalue weighted by Gasteiger charge is 2.22. The van der Waals surface area contributed by atoms with Crippen molar-refractivity contribution < 1.29 is 9.90 Å². The number of hydrogen-bond donors (Lipinski definition) is 3. The number of carbonyl (C=O) groups excluding carboxylic acids is 1. The number of nitrogens with zero attached hydrogens (tertiary/aromatic N) is 5. The van der Waals surface area contributed by atoms with Crippen LogP contribution in [0.1, 0.15) is 12.7 Å². The van der Waals surface area contributed by atoms with Gasteiger partial charge in [-0.2, -0.15) is 5.21 Å². The molecule has 1 aromatic rings. The van der Waals surface area contributed by atoms with Gasteiger partial charge in [0, 0.05) is 45.7 Å². The predicted octanol–water partition coefficient (Wildman–Crippen LogP) is -2.14. The minimum Gasteiger partial charge on any atom is -0.390 e. The van der Waals surface area contributed by atoms with Gasteiger partial charge in [0.1, 0.15) is 0 Å². The molecule has 1 aromatic heterocycles. The van der Waals surface area contributed by atoms with Gasteiger partial charge in [0.05, 0.1) is 12.6 Å². The molecule has 2 rings (SSSR count). The smallest absolute Gasteiger partial charge is 0.234 e. The van der Waals surface area contributed by atoms with E-state index in [4.69, 9.17) is 0 Å². The van der Waals surface area contributed by atoms with Gasteiger partial charge in [0.15, 0.2) is 5.82 Å². The number of rotatable bonds is 6. The second kappa shape index (κ2) is 8.01. The van der Waals surface area contributed by atoms with E-state index in [-0.39, 0.29) is 5.91 Å². The molecule has 3 N–H and O–H groups in total. The normalized spacial score (nSPS) is 21.1. The first kappa shape index (κ1) is 15.8. The summed E-state index contributed by atoms with van der Waals surface area (Å²) in [6.45, 7) is 6.34. The van der Waals surface area contributed by atoms with Crippen LogP contribution in [0, 0.1) is 0 Å². The molecular formula is C12H23N7O2. The maximum absolute atomic E-state index is 11.6. The lowest BCUT2D eigenvalue weighted by Crippen LogP contribution is -2.41. The number of H-pyrrole nitrogens is 1. The second-order valence-corrected chi connectivity index (χ2v) is 5.22. The van der Waals surface area contributed by atoms with Crippen LogP contribution in [0.3, 0.4) is 0 Å². The fourth-order valence-corrected chi connectivity index (χ4v) is 2.47. The Kier molecular flexibility index (Phi) is 6.03. The van der Waals surface area contributed by atoms with Gasteiger partial charge in [0.25, 0.3) is 0 Å². The number of β-amino-alcohol motifs (C(OH)–C–C–N with tert-alkyl or cyclic N) is 1. The maximum atomic E-state index is 11.6. The zero-order valence-corrected chi connectivity index (χ0v) is 12.3. The molecule has 9 nitrogen and oxygen atoms in total. The standard InChI is InChI=1S/C12H23N7O2/c1-2-13-12(21)9-19-6-5-18(7-10(20)8-19)4-3-11-14-16-17-15-11/h10,20H,2-9H2,1H3,(H,13,21)(H,14,15,16,17)/t10-/m0/s1. The van der Waals surface area contributed by atoms with Crippen LogP contribution in [0.25, 0.3) is 0 Å². The summed E-state index contributed by atoms with van der Waals surface area (Å²) in [5.74, 6) is 0.679. The molecule has 0 aromatic carbocycles. The molecule has 1 aliphatic heterocycles. The molecule has 0 radical (unpaired) electrons. The molecule has 0 saturated carbocycles. The Morgan fingerprint density at radius 3 is 2.90 bits per heavy atom. The third kappa shape index (κ3) is 5.37. The quantitative estimate of drug-likeness (QED) is 0.549. The van der Waals surface area contributed by atoms with Crippen molar-refractivity contribution >= 4 is 5.91 Å². The topological polar surface area (TPSA) is 110 Å². The van der Waals surface area contributed by atoms with E-state index in [2.05, 4.69) is 30.8 Å². The van der Waals surface area contributed by atoms with E-state index in [0.29, 0.717) is 38.4 Å². The fraction of sp³-hybridized carbons (Fsp3) is 0.833. The third-order valence-corrected chi connectivity index (χ3v) is 3.45. The highest BCUT2D eigenvalue weighted by Crippen LogP contribution is 2.04. The number of amides is 1. The minimum atomic E-state index is -0.452. The molecular weight excluding hydrogens is 274 g/mol. The lowest BCUT2D eigenvalue weighted by atomic mass is 10.3. The molecule has 118 valence electrons. The number of aromatic nitrogens is 4. The Balaban J connectivity index is 1.78. The van der Waals surface area contributed by atoms with E-state index >= 15 is 0 Å². The number of carbonyl (C=O) groups is 1. The Labute approximate surface area is 123 Å². The van der Waals surface area contributed by atoms with Crippen molar-refractivity contribution in [3.05, 3.63) is 5.82 Å². The first-order valence-electron chi connectivity index (χ1n) is 7.29. The van der Waals surface area contributed by atoms with Crippen molar-refractivity contribution in [2.45, 2.75) is 19.4 Å². The first-order valence-corrected chi connectivity index (χ1v) is 7.29. The monoisotopic (exact) mass is 297 g/mol. The predicted molar refractivity (Wildman–Crippen MR) is 75.5 cm³/mol. The van der Waals surface area contributed by atoms with Crippen LogP contribution in [-0.2, 0) is 11.2 Å². The number of aromatic amines is 1. The van der Waals surface area contributed by atoms with Crippen molar-refractivity contribution in [2.75, 3.05) is 45.8 Å². The molecule has 0 aliphatic carbocycles. The van der Waals surface area contributed by atoms with E-state index in [1.54, 1.807) is 0 Å². The van der Waals surface area contributed by atoms with Crippen LogP contribution in [0.4, 0.5) is 0 Å². The molecule has 1 amide bonds. The number of aliphatic hydroxyl groups excluding tert-OH is 1. The van der Waals surface area contributed by atoms with Crippen LogP contribution < -0.4 is 5.32 Å². The first-order chi connectivity index (χ1) is 10.2. The molecule has 21 heavy (non-hydrogen) atoms. The van der Waals surface area contributed by atoms with Gasteiger partial charge in [-0.1, -0.05) is 5.21 Å². The van der Waals surface area contributed by atoms with Crippen LogP contribution in [0.5, 0.6) is 0 Å². The summed E-state index contributed by atoms with van der Waals surface area (Å²) in [6, 6.07) is 0. The summed E-state index contributed by atoms with van der Waals surface area (Å²) in [4.78, 5) is 15.8. The fourth-order valence-electron chi connectivity index (χ4n) is 2.47. The molecule has 0 unspecified atom stereocenters. The van der Waals surface area contributed by atoms with Crippen LogP contribution >= 0.6 is 0 Å². The number of tetrazole rings is 1. The van der Waals surface area contributed by atoms with E-state index in [1.165, 1.54) is 0 Å². The highest BCUT2D eigenvalue weighted by molar-refractivity contribution is 5.77. The third-order valence-electron chi connectivity index (χ3n) is 3.45. The van der Waals surface area contributed by atoms with Crippen LogP contribution in [-0.4, -0.2) is 93.4 Å². The Morgan fingerprint density at radius 1 is 1.43 bits per heavy atom. The summed E-state index contributed by atoms with van der Waals surface area (Å²) in [7, 11) is 0. The number of nitrogens with one attached hydrogen (secondary N) is 2. The van der Waals surface area contributed by atoms with Gasteiger partial charge in [-0.05, 0) is 6.92 Å². The Morgan fingerprint density at radius 2 is 2.19 bits per heavy atom. The molecule has 1 fully saturated rings. The summed E-state index contributed by atoms with van der Waals surface area (Å²) >= 11 is 0. The van der Waals surface area contributed by atoms with Gasteiger partial charge in [-0.3, -0.25) is 14.6 Å². The summed E-state index contributed by atoms with van der Waals surface area (Å²) in [5, 5.41) is 26.6. The average Bonchev–Trinajstić information content (AvgIpc) is 2.88. The largest absolute Gasteiger partial charge is 0.390 e. The van der Waals surface area contributed by atoms with Crippen molar-refractivity contribution in [1.29, 1.82) is 0 Å². The molecule has 1 saturated heterocycles. The lowest BCUT2D eigenvalue weighted by molar-refractivity contribution is -0.122. The highest BCUT2D eigenvalue weighted by atomic mass is 16.3. The Bertz CT molecular complexity index is 425. The maximum Gasteiger partial charge on any atom is 0.234 e. The Hall–Kier alpha value is -1.58. The SMILES string of the molecule is CCNC(=O)CN1CCN(CCc2nn[nH]n2)C[C@H](O)C1. The van der Waals surface area contributed by atoms with Gasteiger partial charge < -0.3 is 10.4 Å². The molecule has 2 heterocycles.